The Morgan fingerprint density at radius 1 is 0.846 bits per heavy atom. The van der Waals surface area contributed by atoms with Crippen LogP contribution in [-0.4, -0.2) is 66.7 Å². The van der Waals surface area contributed by atoms with E-state index < -0.39 is 48.4 Å². The Morgan fingerprint density at radius 3 is 1.67 bits per heavy atom. The van der Waals surface area contributed by atoms with Gasteiger partial charge in [-0.05, 0) is 11.1 Å². The minimum absolute atomic E-state index is 0.392. The number of carbonyl (C=O) groups is 1. The lowest BCUT2D eigenvalue weighted by Crippen LogP contribution is -2.43. The number of aliphatic hydroxyl groups is 2. The highest BCUT2D eigenvalue weighted by Gasteiger charge is 2.25. The quantitative estimate of drug-likeness (QED) is 0.203. The average molecular weight is 585 g/mol. The molecule has 0 radical (unpaired) electrons. The average Bonchev–Trinajstić information content (AvgIpc) is 3.70. The molecule has 2 aromatic heterocycles. The number of rotatable bonds is 10. The van der Waals surface area contributed by atoms with E-state index in [4.69, 9.17) is 28.9 Å². The lowest BCUT2D eigenvalue weighted by Gasteiger charge is -2.22. The number of nitrogens with zero attached hydrogens (tertiary/aromatic N) is 4. The van der Waals surface area contributed by atoms with Crippen molar-refractivity contribution in [3.05, 3.63) is 72.4 Å². The van der Waals surface area contributed by atoms with E-state index in [0.29, 0.717) is 28.3 Å². The molecule has 0 aliphatic heterocycles. The first-order chi connectivity index (χ1) is 18.7. The first-order valence-corrected chi connectivity index (χ1v) is 12.2. The van der Waals surface area contributed by atoms with Crippen LogP contribution in [0.4, 0.5) is 8.78 Å². The summed E-state index contributed by atoms with van der Waals surface area (Å²) in [5, 5.41) is 29.4. The molecule has 0 aliphatic carbocycles. The van der Waals surface area contributed by atoms with Gasteiger partial charge in [-0.25, -0.2) is 8.78 Å². The maximum absolute atomic E-state index is 13.0. The van der Waals surface area contributed by atoms with Crippen LogP contribution < -0.4 is 11.1 Å². The number of nitrogens with two attached hydrogens (primary N) is 1. The molecule has 39 heavy (non-hydrogen) atoms. The zero-order chi connectivity index (χ0) is 28.4. The van der Waals surface area contributed by atoms with Crippen molar-refractivity contribution in [3.63, 3.8) is 0 Å². The molecule has 0 spiro atoms. The molecule has 2 heterocycles. The van der Waals surface area contributed by atoms with Gasteiger partial charge in [-0.3, -0.25) is 4.79 Å². The van der Waals surface area contributed by atoms with Gasteiger partial charge in [0.1, 0.15) is 19.5 Å². The molecule has 0 saturated heterocycles. The molecule has 2 aromatic carbocycles. The molecule has 0 aliphatic rings. The lowest BCUT2D eigenvalue weighted by molar-refractivity contribution is -0.121. The van der Waals surface area contributed by atoms with Crippen LogP contribution in [0.3, 0.4) is 0 Å². The second-order valence-electron chi connectivity index (χ2n) is 8.03. The molecular weight excluding hydrogens is 561 g/mol. The third-order valence-electron chi connectivity index (χ3n) is 5.40. The van der Waals surface area contributed by atoms with Gasteiger partial charge < -0.3 is 30.3 Å². The SMILES string of the molecule is N[C@H](CF)[C@H](O)c1ccc(-c2ncon2)cc1.O=C(N[C@H](CF)[C@H](O)c1ccc(-c2ncon2)cc1)C(Cl)Cl. The van der Waals surface area contributed by atoms with Crippen LogP contribution in [0, 0.1) is 0 Å². The number of nitrogens with one attached hydrogen (secondary N) is 1. The monoisotopic (exact) mass is 584 g/mol. The van der Waals surface area contributed by atoms with E-state index in [-0.39, 0.29) is 0 Å². The van der Waals surface area contributed by atoms with E-state index in [1.165, 1.54) is 12.8 Å². The van der Waals surface area contributed by atoms with Crippen molar-refractivity contribution in [1.29, 1.82) is 0 Å². The van der Waals surface area contributed by atoms with Crippen molar-refractivity contribution in [1.82, 2.24) is 25.6 Å². The smallest absolute Gasteiger partial charge is 0.253 e. The van der Waals surface area contributed by atoms with Gasteiger partial charge in [-0.15, -0.1) is 0 Å². The van der Waals surface area contributed by atoms with Gasteiger partial charge >= 0.3 is 0 Å². The van der Waals surface area contributed by atoms with Crippen LogP contribution in [0.2, 0.25) is 0 Å². The Labute approximate surface area is 230 Å². The predicted molar refractivity (Wildman–Crippen MR) is 137 cm³/mol. The summed E-state index contributed by atoms with van der Waals surface area (Å²) in [6.07, 6.45) is 0.165. The summed E-state index contributed by atoms with van der Waals surface area (Å²) in [5.41, 5.74) is 7.81. The number of amides is 1. The van der Waals surface area contributed by atoms with E-state index in [9.17, 15) is 23.8 Å². The number of alkyl halides is 4. The molecular formula is C24H24Cl2F2N6O5. The van der Waals surface area contributed by atoms with E-state index in [0.717, 1.165) is 5.56 Å². The van der Waals surface area contributed by atoms with Gasteiger partial charge in [0.25, 0.3) is 5.91 Å². The standard InChI is InChI=1S/C13H12Cl2FN3O3.C11H12FN3O2/c14-11(15)13(21)18-9(5-16)10(20)7-1-3-8(4-2-7)12-17-6-22-19-12;12-5-9(13)10(16)7-1-3-8(4-2-7)11-14-6-17-15-11/h1-4,6,9-11,20H,5H2,(H,18,21);1-4,6,9-10,16H,5,13H2/t2*9-,10-/m11/s1. The first kappa shape index (κ1) is 30.1. The van der Waals surface area contributed by atoms with Crippen molar-refractivity contribution < 1.29 is 32.8 Å². The number of aromatic nitrogens is 4. The third-order valence-corrected chi connectivity index (χ3v) is 5.80. The maximum Gasteiger partial charge on any atom is 0.253 e. The molecule has 0 saturated carbocycles. The fourth-order valence-corrected chi connectivity index (χ4v) is 3.39. The minimum atomic E-state index is -1.33. The van der Waals surface area contributed by atoms with Crippen molar-refractivity contribution >= 4 is 29.1 Å². The van der Waals surface area contributed by atoms with Crippen molar-refractivity contribution in [2.45, 2.75) is 29.1 Å². The Kier molecular flexibility index (Phi) is 11.3. The van der Waals surface area contributed by atoms with Crippen LogP contribution in [0.5, 0.6) is 0 Å². The molecule has 11 nitrogen and oxygen atoms in total. The van der Waals surface area contributed by atoms with E-state index in [1.54, 1.807) is 48.5 Å². The summed E-state index contributed by atoms with van der Waals surface area (Å²) in [6, 6.07) is 11.1. The number of carbonyl (C=O) groups excluding carboxylic acids is 1. The number of hydrogen-bond acceptors (Lipinski definition) is 10. The highest BCUT2D eigenvalue weighted by atomic mass is 35.5. The summed E-state index contributed by atoms with van der Waals surface area (Å²) in [5.74, 6) is 0.0813. The fraction of sp³-hybridized carbons (Fsp3) is 0.292. The third kappa shape index (κ3) is 8.25. The topological polar surface area (TPSA) is 173 Å². The van der Waals surface area contributed by atoms with Crippen LogP contribution in [0.15, 0.2) is 70.4 Å². The van der Waals surface area contributed by atoms with Crippen LogP contribution in [-0.2, 0) is 4.79 Å². The normalized spacial score (nSPS) is 14.2. The fourth-order valence-electron chi connectivity index (χ4n) is 3.27. The Hall–Kier alpha value is -3.49. The second kappa shape index (κ2) is 14.6. The minimum Gasteiger partial charge on any atom is -0.387 e. The first-order valence-electron chi connectivity index (χ1n) is 11.3. The van der Waals surface area contributed by atoms with Crippen LogP contribution in [0.1, 0.15) is 23.3 Å². The highest BCUT2D eigenvalue weighted by molar-refractivity contribution is 6.53. The Bertz CT molecular complexity index is 1270. The van der Waals surface area contributed by atoms with Crippen molar-refractivity contribution in [2.24, 2.45) is 5.73 Å². The molecule has 4 atom stereocenters. The molecule has 5 N–H and O–H groups in total. The molecule has 208 valence electrons. The predicted octanol–water partition coefficient (Wildman–Crippen LogP) is 3.09. The Morgan fingerprint density at radius 2 is 1.31 bits per heavy atom. The van der Waals surface area contributed by atoms with E-state index >= 15 is 0 Å². The molecule has 0 fully saturated rings. The number of hydrogen-bond donors (Lipinski definition) is 4. The van der Waals surface area contributed by atoms with Gasteiger partial charge in [0.05, 0.1) is 18.2 Å². The summed E-state index contributed by atoms with van der Waals surface area (Å²) in [4.78, 5) is 17.8. The summed E-state index contributed by atoms with van der Waals surface area (Å²) in [7, 11) is 0. The van der Waals surface area contributed by atoms with E-state index in [1.807, 2.05) is 0 Å². The highest BCUT2D eigenvalue weighted by Crippen LogP contribution is 2.23. The van der Waals surface area contributed by atoms with Gasteiger partial charge in [0.15, 0.2) is 4.84 Å². The summed E-state index contributed by atoms with van der Waals surface area (Å²) in [6.45, 7) is -1.74. The largest absolute Gasteiger partial charge is 0.387 e. The van der Waals surface area contributed by atoms with Gasteiger partial charge in [-0.2, -0.15) is 9.97 Å². The maximum atomic E-state index is 13.0. The van der Waals surface area contributed by atoms with Crippen LogP contribution in [0.25, 0.3) is 22.8 Å². The van der Waals surface area contributed by atoms with Crippen LogP contribution >= 0.6 is 23.2 Å². The zero-order valence-electron chi connectivity index (χ0n) is 20.1. The molecule has 15 heteroatoms. The molecule has 0 bridgehead atoms. The van der Waals surface area contributed by atoms with Gasteiger partial charge in [0.2, 0.25) is 24.4 Å². The van der Waals surface area contributed by atoms with Crippen molar-refractivity contribution in [3.8, 4) is 22.8 Å². The lowest BCUT2D eigenvalue weighted by atomic mass is 10.0. The summed E-state index contributed by atoms with van der Waals surface area (Å²) < 4.78 is 34.6. The Balaban J connectivity index is 0.000000223. The van der Waals surface area contributed by atoms with Gasteiger partial charge in [-0.1, -0.05) is 82.0 Å². The molecule has 0 unspecified atom stereocenters. The number of aliphatic hydroxyl groups excluding tert-OH is 2. The van der Waals surface area contributed by atoms with Gasteiger partial charge in [0, 0.05) is 11.1 Å². The number of benzene rings is 2. The second-order valence-corrected chi connectivity index (χ2v) is 9.13. The van der Waals surface area contributed by atoms with E-state index in [2.05, 4.69) is 34.6 Å². The molecule has 4 aromatic rings. The zero-order valence-corrected chi connectivity index (χ0v) is 21.6. The van der Waals surface area contributed by atoms with Crippen molar-refractivity contribution in [2.75, 3.05) is 13.3 Å². The number of halogens is 4. The summed E-state index contributed by atoms with van der Waals surface area (Å²) >= 11 is 10.8. The molecule has 1 amide bonds. The molecule has 4 rings (SSSR count).